The maximum absolute atomic E-state index is 4.70. The predicted octanol–water partition coefficient (Wildman–Crippen LogP) is 3.67. The zero-order valence-electron chi connectivity index (χ0n) is 13.7. The van der Waals surface area contributed by atoms with Gasteiger partial charge in [-0.1, -0.05) is 36.3 Å². The summed E-state index contributed by atoms with van der Waals surface area (Å²) in [7, 11) is 0. The molecule has 0 saturated carbocycles. The first-order valence-electron chi connectivity index (χ1n) is 8.23. The number of H-pyrrole nitrogens is 1. The molecule has 4 heterocycles. The molecule has 0 unspecified atom stereocenters. The van der Waals surface area contributed by atoms with Crippen molar-refractivity contribution in [2.45, 2.75) is 0 Å². The lowest BCUT2D eigenvalue weighted by Gasteiger charge is -2.01. The second-order valence-corrected chi connectivity index (χ2v) is 5.85. The maximum atomic E-state index is 4.70. The zero-order chi connectivity index (χ0) is 17.3. The molecule has 4 aromatic heterocycles. The number of aromatic nitrogens is 5. The van der Waals surface area contributed by atoms with Crippen molar-refractivity contribution in [1.82, 2.24) is 24.6 Å². The van der Waals surface area contributed by atoms with Crippen LogP contribution in [-0.2, 0) is 0 Å². The molecule has 0 aliphatic rings. The summed E-state index contributed by atoms with van der Waals surface area (Å²) in [5.74, 6) is 6.41. The van der Waals surface area contributed by atoms with E-state index in [0.717, 1.165) is 39.2 Å². The predicted molar refractivity (Wildman–Crippen MR) is 100 cm³/mol. The summed E-state index contributed by atoms with van der Waals surface area (Å²) in [6.45, 7) is 0. The Kier molecular flexibility index (Phi) is 3.26. The number of nitrogens with one attached hydrogen (secondary N) is 1. The summed E-state index contributed by atoms with van der Waals surface area (Å²) >= 11 is 0. The number of fused-ring (bicyclic) bond motifs is 2. The van der Waals surface area contributed by atoms with Crippen molar-refractivity contribution in [1.29, 1.82) is 0 Å². The quantitative estimate of drug-likeness (QED) is 0.476. The molecule has 5 nitrogen and oxygen atoms in total. The normalized spacial score (nSPS) is 10.8. The molecule has 26 heavy (non-hydrogen) atoms. The fourth-order valence-electron chi connectivity index (χ4n) is 2.92. The molecule has 122 valence electrons. The molecule has 0 bridgehead atoms. The highest BCUT2D eigenvalue weighted by molar-refractivity contribution is 5.82. The summed E-state index contributed by atoms with van der Waals surface area (Å²) < 4.78 is 1.78. The fraction of sp³-hybridized carbons (Fsp3) is 0. The van der Waals surface area contributed by atoms with Crippen LogP contribution in [0, 0.1) is 11.8 Å². The second-order valence-electron chi connectivity index (χ2n) is 5.85. The molecule has 0 radical (unpaired) electrons. The maximum Gasteiger partial charge on any atom is 0.154 e. The van der Waals surface area contributed by atoms with Gasteiger partial charge in [0.1, 0.15) is 11.3 Å². The van der Waals surface area contributed by atoms with Crippen molar-refractivity contribution in [3.05, 3.63) is 84.4 Å². The summed E-state index contributed by atoms with van der Waals surface area (Å²) in [5.41, 5.74) is 5.22. The van der Waals surface area contributed by atoms with E-state index in [1.807, 2.05) is 60.8 Å². The van der Waals surface area contributed by atoms with Crippen LogP contribution in [0.3, 0.4) is 0 Å². The molecule has 0 aliphatic carbocycles. The van der Waals surface area contributed by atoms with Gasteiger partial charge in [-0.05, 0) is 30.2 Å². The Morgan fingerprint density at radius 2 is 1.81 bits per heavy atom. The highest BCUT2D eigenvalue weighted by Gasteiger charge is 2.06. The van der Waals surface area contributed by atoms with Gasteiger partial charge >= 0.3 is 0 Å². The van der Waals surface area contributed by atoms with E-state index in [0.29, 0.717) is 0 Å². The Morgan fingerprint density at radius 3 is 2.73 bits per heavy atom. The highest BCUT2D eigenvalue weighted by Crippen LogP contribution is 2.17. The Balaban J connectivity index is 1.61. The topological polar surface area (TPSA) is 58.9 Å². The minimum atomic E-state index is 0.748. The van der Waals surface area contributed by atoms with Gasteiger partial charge in [-0.25, -0.2) is 14.5 Å². The van der Waals surface area contributed by atoms with Crippen molar-refractivity contribution in [2.24, 2.45) is 0 Å². The minimum Gasteiger partial charge on any atom is -0.346 e. The van der Waals surface area contributed by atoms with Gasteiger partial charge in [-0.3, -0.25) is 0 Å². The van der Waals surface area contributed by atoms with Crippen molar-refractivity contribution in [3.8, 4) is 23.1 Å². The Labute approximate surface area is 149 Å². The van der Waals surface area contributed by atoms with Crippen molar-refractivity contribution >= 4 is 16.7 Å². The number of nitrogens with zero attached hydrogens (tertiary/aromatic N) is 4. The minimum absolute atomic E-state index is 0.748. The lowest BCUT2D eigenvalue weighted by atomic mass is 10.1. The van der Waals surface area contributed by atoms with Crippen LogP contribution in [-0.4, -0.2) is 24.6 Å². The number of aromatic amines is 1. The molecule has 0 fully saturated rings. The van der Waals surface area contributed by atoms with Gasteiger partial charge in [-0.15, -0.1) is 0 Å². The number of imidazole rings is 1. The Bertz CT molecular complexity index is 1290. The van der Waals surface area contributed by atoms with E-state index in [-0.39, 0.29) is 0 Å². The number of benzene rings is 1. The van der Waals surface area contributed by atoms with Crippen LogP contribution in [0.15, 0.2) is 73.2 Å². The van der Waals surface area contributed by atoms with E-state index in [9.17, 15) is 0 Å². The molecule has 0 saturated heterocycles. The number of rotatable bonds is 1. The van der Waals surface area contributed by atoms with Gasteiger partial charge in [0.25, 0.3) is 0 Å². The van der Waals surface area contributed by atoms with Crippen LogP contribution in [0.5, 0.6) is 0 Å². The standard InChI is InChI=1S/C21H13N5/c1-2-4-16(5-3-1)19-8-9-20-24-14-17(26(20)25-19)7-6-15-10-12-22-21-18(15)11-13-23-21/h1-5,8-14H,(H,22,23). The van der Waals surface area contributed by atoms with Crippen LogP contribution in [0.4, 0.5) is 0 Å². The molecule has 1 N–H and O–H groups in total. The van der Waals surface area contributed by atoms with E-state index in [1.54, 1.807) is 16.9 Å². The molecule has 1 aromatic carbocycles. The average molecular weight is 335 g/mol. The van der Waals surface area contributed by atoms with Crippen molar-refractivity contribution in [2.75, 3.05) is 0 Å². The lowest BCUT2D eigenvalue weighted by molar-refractivity contribution is 0.930. The van der Waals surface area contributed by atoms with E-state index >= 15 is 0 Å². The van der Waals surface area contributed by atoms with Gasteiger partial charge in [0.05, 0.1) is 11.9 Å². The molecule has 0 amide bonds. The molecular weight excluding hydrogens is 322 g/mol. The summed E-state index contributed by atoms with van der Waals surface area (Å²) in [5, 5.41) is 5.71. The lowest BCUT2D eigenvalue weighted by Crippen LogP contribution is -1.96. The first-order chi connectivity index (χ1) is 12.9. The van der Waals surface area contributed by atoms with Crippen LogP contribution in [0.1, 0.15) is 11.3 Å². The summed E-state index contributed by atoms with van der Waals surface area (Å²) in [6, 6.07) is 17.9. The van der Waals surface area contributed by atoms with Gasteiger partial charge < -0.3 is 4.98 Å². The van der Waals surface area contributed by atoms with Gasteiger partial charge in [0, 0.05) is 28.9 Å². The molecule has 0 atom stereocenters. The third kappa shape index (κ3) is 2.41. The average Bonchev–Trinajstić information content (AvgIpc) is 3.33. The molecule has 0 spiro atoms. The summed E-state index contributed by atoms with van der Waals surface area (Å²) in [4.78, 5) is 11.8. The van der Waals surface area contributed by atoms with Crippen molar-refractivity contribution < 1.29 is 0 Å². The third-order valence-corrected chi connectivity index (χ3v) is 4.22. The zero-order valence-corrected chi connectivity index (χ0v) is 13.7. The third-order valence-electron chi connectivity index (χ3n) is 4.22. The molecule has 5 rings (SSSR count). The SMILES string of the molecule is C(#Cc1cnc2ccc(-c3ccccc3)nn12)c1ccnc2[nH]ccc12. The number of hydrogen-bond donors (Lipinski definition) is 1. The van der Waals surface area contributed by atoms with Crippen LogP contribution < -0.4 is 0 Å². The van der Waals surface area contributed by atoms with Crippen molar-refractivity contribution in [3.63, 3.8) is 0 Å². The molecular formula is C21H13N5. The largest absolute Gasteiger partial charge is 0.346 e. The number of hydrogen-bond acceptors (Lipinski definition) is 3. The van der Waals surface area contributed by atoms with Gasteiger partial charge in [0.2, 0.25) is 0 Å². The van der Waals surface area contributed by atoms with Crippen LogP contribution in [0.25, 0.3) is 27.9 Å². The first kappa shape index (κ1) is 14.4. The fourth-order valence-corrected chi connectivity index (χ4v) is 2.92. The summed E-state index contributed by atoms with van der Waals surface area (Å²) in [6.07, 6.45) is 5.37. The van der Waals surface area contributed by atoms with Crippen LogP contribution in [0.2, 0.25) is 0 Å². The first-order valence-corrected chi connectivity index (χ1v) is 8.23. The molecule has 5 aromatic rings. The molecule has 5 heteroatoms. The van der Waals surface area contributed by atoms with Crippen LogP contribution >= 0.6 is 0 Å². The Morgan fingerprint density at radius 1 is 0.885 bits per heavy atom. The van der Waals surface area contributed by atoms with Gasteiger partial charge in [-0.2, -0.15) is 5.10 Å². The smallest absolute Gasteiger partial charge is 0.154 e. The molecule has 0 aliphatic heterocycles. The second kappa shape index (κ2) is 5.87. The monoisotopic (exact) mass is 335 g/mol. The van der Waals surface area contributed by atoms with E-state index in [1.165, 1.54) is 0 Å². The van der Waals surface area contributed by atoms with E-state index < -0.39 is 0 Å². The van der Waals surface area contributed by atoms with E-state index in [4.69, 9.17) is 5.10 Å². The van der Waals surface area contributed by atoms with E-state index in [2.05, 4.69) is 26.8 Å². The van der Waals surface area contributed by atoms with Gasteiger partial charge in [0.15, 0.2) is 5.65 Å². The Hall–Kier alpha value is -3.91. The number of pyridine rings is 1. The highest BCUT2D eigenvalue weighted by atomic mass is 15.3.